The minimum Gasteiger partial charge on any atom is -0.335 e. The molecule has 0 saturated carbocycles. The lowest BCUT2D eigenvalue weighted by Crippen LogP contribution is -2.33. The summed E-state index contributed by atoms with van der Waals surface area (Å²) in [6.45, 7) is 8.48. The lowest BCUT2D eigenvalue weighted by Gasteiger charge is -2.18. The van der Waals surface area contributed by atoms with Crippen LogP contribution in [-0.4, -0.2) is 6.54 Å². The predicted octanol–water partition coefficient (Wildman–Crippen LogP) is 8.09. The highest BCUT2D eigenvalue weighted by atomic mass is 32.2. The largest absolute Gasteiger partial charge is 0.335 e. The fraction of sp³-hybridized carbons (Fsp3) is 0.167. The molecule has 0 fully saturated rings. The molecule has 4 heteroatoms. The molecular weight excluding hydrogens is 452 g/mol. The van der Waals surface area contributed by atoms with Gasteiger partial charge in [0.25, 0.3) is 5.01 Å². The van der Waals surface area contributed by atoms with Crippen molar-refractivity contribution in [3.8, 4) is 0 Å². The number of aryl methyl sites for hydroxylation is 2. The van der Waals surface area contributed by atoms with Crippen molar-refractivity contribution in [2.45, 2.75) is 32.2 Å². The minimum absolute atomic E-state index is 0.947. The number of aromatic nitrogens is 1. The molecule has 1 aliphatic rings. The maximum atomic E-state index is 2.41. The van der Waals surface area contributed by atoms with E-state index in [0.29, 0.717) is 0 Å². The Morgan fingerprint density at radius 3 is 2.62 bits per heavy atom. The summed E-state index contributed by atoms with van der Waals surface area (Å²) in [4.78, 5) is 3.73. The number of thioether (sulfide) groups is 1. The molecule has 170 valence electrons. The van der Waals surface area contributed by atoms with Gasteiger partial charge in [0.2, 0.25) is 5.52 Å². The van der Waals surface area contributed by atoms with E-state index in [4.69, 9.17) is 0 Å². The van der Waals surface area contributed by atoms with E-state index >= 15 is 0 Å². The molecule has 2 nitrogen and oxygen atoms in total. The third-order valence-corrected chi connectivity index (χ3v) is 8.22. The smallest absolute Gasteiger partial charge is 0.263 e. The highest BCUT2D eigenvalue weighted by Gasteiger charge is 2.24. The van der Waals surface area contributed by atoms with E-state index in [9.17, 15) is 0 Å². The lowest BCUT2D eigenvalue weighted by molar-refractivity contribution is -0.665. The fourth-order valence-electron chi connectivity index (χ4n) is 4.36. The summed E-state index contributed by atoms with van der Waals surface area (Å²) in [5.74, 6) is 0. The Balaban J connectivity index is 1.61. The number of para-hydroxylation sites is 2. The maximum absolute atomic E-state index is 2.41. The molecule has 4 aromatic rings. The van der Waals surface area contributed by atoms with Crippen molar-refractivity contribution in [2.24, 2.45) is 0 Å². The first-order valence-corrected chi connectivity index (χ1v) is 13.4. The van der Waals surface area contributed by atoms with Crippen molar-refractivity contribution >= 4 is 51.2 Å². The first-order valence-electron chi connectivity index (χ1n) is 11.8. The molecule has 0 radical (unpaired) electrons. The number of nitrogens with zero attached hydrogens (tertiary/aromatic N) is 2. The van der Waals surface area contributed by atoms with Gasteiger partial charge in [0.15, 0.2) is 0 Å². The average molecular weight is 482 g/mol. The first kappa shape index (κ1) is 22.7. The molecule has 5 rings (SSSR count). The van der Waals surface area contributed by atoms with Crippen molar-refractivity contribution < 1.29 is 4.57 Å². The van der Waals surface area contributed by atoms with E-state index in [1.54, 1.807) is 0 Å². The lowest BCUT2D eigenvalue weighted by atomic mass is 10.1. The summed E-state index contributed by atoms with van der Waals surface area (Å²) >= 11 is 3.71. The number of rotatable bonds is 6. The molecule has 3 aromatic carbocycles. The number of hydrogen-bond acceptors (Lipinski definition) is 3. The van der Waals surface area contributed by atoms with Crippen LogP contribution in [0.3, 0.4) is 0 Å². The molecule has 0 amide bonds. The monoisotopic (exact) mass is 481 g/mol. The zero-order valence-corrected chi connectivity index (χ0v) is 21.5. The number of allylic oxidation sites excluding steroid dienone is 3. The summed E-state index contributed by atoms with van der Waals surface area (Å²) < 4.78 is 3.73. The van der Waals surface area contributed by atoms with Gasteiger partial charge in [0.05, 0.1) is 10.7 Å². The van der Waals surface area contributed by atoms with Gasteiger partial charge < -0.3 is 4.90 Å². The Morgan fingerprint density at radius 2 is 1.79 bits per heavy atom. The molecule has 0 spiro atoms. The number of benzene rings is 3. The van der Waals surface area contributed by atoms with Crippen LogP contribution in [0, 0.1) is 6.92 Å². The molecular formula is C30H29N2S2+. The minimum atomic E-state index is 0.947. The molecule has 2 heterocycles. The van der Waals surface area contributed by atoms with Crippen LogP contribution >= 0.6 is 23.1 Å². The number of hydrogen-bond donors (Lipinski definition) is 0. The quantitative estimate of drug-likeness (QED) is 0.203. The Labute approximate surface area is 210 Å². The van der Waals surface area contributed by atoms with Crippen LogP contribution in [0.5, 0.6) is 0 Å². The summed E-state index contributed by atoms with van der Waals surface area (Å²) in [7, 11) is 0. The predicted molar refractivity (Wildman–Crippen MR) is 149 cm³/mol. The van der Waals surface area contributed by atoms with Gasteiger partial charge in [-0.15, -0.1) is 0 Å². The maximum Gasteiger partial charge on any atom is 0.263 e. The van der Waals surface area contributed by atoms with Crippen LogP contribution in [0.2, 0.25) is 0 Å². The van der Waals surface area contributed by atoms with Crippen molar-refractivity contribution in [3.05, 3.63) is 112 Å². The molecule has 0 unspecified atom stereocenters. The average Bonchev–Trinajstić information content (AvgIpc) is 3.39. The van der Waals surface area contributed by atoms with E-state index in [2.05, 4.69) is 127 Å². The van der Waals surface area contributed by atoms with E-state index in [-0.39, 0.29) is 0 Å². The Bertz CT molecular complexity index is 1420. The van der Waals surface area contributed by atoms with Gasteiger partial charge in [0, 0.05) is 23.6 Å². The third kappa shape index (κ3) is 4.61. The highest BCUT2D eigenvalue weighted by Crippen LogP contribution is 2.46. The van der Waals surface area contributed by atoms with E-state index < -0.39 is 0 Å². The standard InChI is InChI=1S/C30H29N2S2/c1-4-31-25-13-6-8-15-27(25)33-29(31)20-24(18-17-23-12-10-11-22(3)19-23)21-30-32(5-2)26-14-7-9-16-28(26)34-30/h6-21H,4-5H2,1-3H3/q+1/b18-17+. The van der Waals surface area contributed by atoms with Crippen LogP contribution in [0.1, 0.15) is 30.0 Å². The van der Waals surface area contributed by atoms with Gasteiger partial charge in [0.1, 0.15) is 11.2 Å². The second kappa shape index (κ2) is 10.0. The molecule has 34 heavy (non-hydrogen) atoms. The first-order chi connectivity index (χ1) is 16.7. The third-order valence-electron chi connectivity index (χ3n) is 6.00. The summed E-state index contributed by atoms with van der Waals surface area (Å²) in [5, 5.41) is 2.54. The summed E-state index contributed by atoms with van der Waals surface area (Å²) in [5.41, 5.74) is 6.29. The fourth-order valence-corrected chi connectivity index (χ4v) is 6.74. The van der Waals surface area contributed by atoms with Gasteiger partial charge in [-0.2, -0.15) is 4.57 Å². The van der Waals surface area contributed by atoms with E-state index in [0.717, 1.165) is 13.1 Å². The molecule has 0 atom stereocenters. The van der Waals surface area contributed by atoms with Crippen LogP contribution in [-0.2, 0) is 6.54 Å². The normalized spacial score (nSPS) is 15.1. The number of thiazole rings is 1. The molecule has 1 aliphatic heterocycles. The molecule has 0 N–H and O–H groups in total. The highest BCUT2D eigenvalue weighted by molar-refractivity contribution is 8.03. The van der Waals surface area contributed by atoms with E-state index in [1.165, 1.54) is 47.5 Å². The van der Waals surface area contributed by atoms with Crippen LogP contribution < -0.4 is 9.47 Å². The van der Waals surface area contributed by atoms with Crippen LogP contribution in [0.4, 0.5) is 5.69 Å². The van der Waals surface area contributed by atoms with Crippen molar-refractivity contribution in [1.82, 2.24) is 0 Å². The van der Waals surface area contributed by atoms with Gasteiger partial charge >= 0.3 is 0 Å². The SMILES string of the molecule is CCN1/C(=C/C(=C\c2sc3ccccc3[n+]2CC)/C=C/c2cccc(C)c2)Sc2ccccc21. The van der Waals surface area contributed by atoms with Gasteiger partial charge in [-0.1, -0.05) is 89.3 Å². The zero-order chi connectivity index (χ0) is 23.5. The van der Waals surface area contributed by atoms with E-state index in [1.807, 2.05) is 23.1 Å². The Kier molecular flexibility index (Phi) is 6.70. The summed E-state index contributed by atoms with van der Waals surface area (Å²) in [6.07, 6.45) is 9.15. The van der Waals surface area contributed by atoms with Crippen LogP contribution in [0.15, 0.2) is 100 Å². The second-order valence-electron chi connectivity index (χ2n) is 8.34. The Morgan fingerprint density at radius 1 is 0.971 bits per heavy atom. The van der Waals surface area contributed by atoms with Crippen molar-refractivity contribution in [2.75, 3.05) is 11.4 Å². The second-order valence-corrected chi connectivity index (χ2v) is 10.5. The number of anilines is 1. The van der Waals surface area contributed by atoms with Gasteiger partial charge in [-0.05, 0) is 56.2 Å². The number of fused-ring (bicyclic) bond motifs is 2. The summed E-state index contributed by atoms with van der Waals surface area (Å²) in [6, 6.07) is 26.0. The van der Waals surface area contributed by atoms with Gasteiger partial charge in [-0.3, -0.25) is 0 Å². The molecule has 0 bridgehead atoms. The Hall–Kier alpha value is -3.08. The molecule has 0 aliphatic carbocycles. The van der Waals surface area contributed by atoms with Crippen molar-refractivity contribution in [1.29, 1.82) is 0 Å². The zero-order valence-electron chi connectivity index (χ0n) is 19.9. The van der Waals surface area contributed by atoms with Crippen molar-refractivity contribution in [3.63, 3.8) is 0 Å². The molecule has 1 aromatic heterocycles. The van der Waals surface area contributed by atoms with Gasteiger partial charge in [-0.25, -0.2) is 0 Å². The topological polar surface area (TPSA) is 7.12 Å². The molecule has 0 saturated heterocycles. The van der Waals surface area contributed by atoms with Crippen LogP contribution in [0.25, 0.3) is 22.4 Å².